The second kappa shape index (κ2) is 9.64. The van der Waals surface area contributed by atoms with Crippen molar-refractivity contribution in [2.45, 2.75) is 13.0 Å². The van der Waals surface area contributed by atoms with Crippen LogP contribution in [0.2, 0.25) is 0 Å². The number of carbonyl (C=O) groups excluding carboxylic acids is 1. The lowest BCUT2D eigenvalue weighted by atomic mass is 10.1. The first-order valence-electron chi connectivity index (χ1n) is 10.2. The molecule has 4 rings (SSSR count). The van der Waals surface area contributed by atoms with E-state index in [1.165, 1.54) is 16.9 Å². The average Bonchev–Trinajstić information content (AvgIpc) is 3.21. The van der Waals surface area contributed by atoms with Crippen LogP contribution in [0.15, 0.2) is 47.8 Å². The van der Waals surface area contributed by atoms with Gasteiger partial charge in [0.05, 0.1) is 17.8 Å². The smallest absolute Gasteiger partial charge is 0.230 e. The fourth-order valence-electron chi connectivity index (χ4n) is 3.49. The summed E-state index contributed by atoms with van der Waals surface area (Å²) in [5.41, 5.74) is 2.68. The molecule has 1 saturated heterocycles. The van der Waals surface area contributed by atoms with E-state index in [0.29, 0.717) is 5.69 Å². The Balaban J connectivity index is 1.34. The van der Waals surface area contributed by atoms with Crippen molar-refractivity contribution in [1.29, 1.82) is 0 Å². The number of nitrogens with one attached hydrogen (secondary N) is 1. The summed E-state index contributed by atoms with van der Waals surface area (Å²) in [5.74, 6) is -1.72. The predicted octanol–water partition coefficient (Wildman–Crippen LogP) is 4.02. The van der Waals surface area contributed by atoms with Crippen LogP contribution in [0.1, 0.15) is 11.3 Å². The summed E-state index contributed by atoms with van der Waals surface area (Å²) in [4.78, 5) is 21.5. The minimum Gasteiger partial charge on any atom is -0.323 e. The Labute approximate surface area is 184 Å². The van der Waals surface area contributed by atoms with Gasteiger partial charge in [-0.2, -0.15) is 0 Å². The molecule has 1 fully saturated rings. The molecule has 0 unspecified atom stereocenters. The molecule has 0 bridgehead atoms. The number of piperazine rings is 1. The Morgan fingerprint density at radius 3 is 2.58 bits per heavy atom. The molecule has 2 aromatic carbocycles. The third-order valence-electron chi connectivity index (χ3n) is 5.30. The van der Waals surface area contributed by atoms with Crippen LogP contribution in [0.3, 0.4) is 0 Å². The summed E-state index contributed by atoms with van der Waals surface area (Å²) in [7, 11) is 2.15. The molecule has 1 amide bonds. The van der Waals surface area contributed by atoms with Gasteiger partial charge in [0.25, 0.3) is 0 Å². The highest BCUT2D eigenvalue weighted by Gasteiger charge is 2.15. The Bertz CT molecular complexity index is 1050. The molecule has 0 saturated carbocycles. The van der Waals surface area contributed by atoms with Crippen LogP contribution < -0.4 is 5.32 Å². The number of amides is 1. The number of hydrogen-bond donors (Lipinski definition) is 1. The summed E-state index contributed by atoms with van der Waals surface area (Å²) >= 11 is 1.46. The number of halogens is 2. The zero-order valence-electron chi connectivity index (χ0n) is 17.3. The van der Waals surface area contributed by atoms with Crippen LogP contribution >= 0.6 is 11.3 Å². The van der Waals surface area contributed by atoms with Gasteiger partial charge in [-0.05, 0) is 24.7 Å². The summed E-state index contributed by atoms with van der Waals surface area (Å²) in [6, 6.07) is 11.3. The molecule has 8 heteroatoms. The molecule has 0 spiro atoms. The lowest BCUT2D eigenvalue weighted by Crippen LogP contribution is -2.43. The van der Waals surface area contributed by atoms with E-state index in [4.69, 9.17) is 0 Å². The maximum Gasteiger partial charge on any atom is 0.230 e. The fraction of sp³-hybridized carbons (Fsp3) is 0.304. The van der Waals surface area contributed by atoms with Gasteiger partial charge < -0.3 is 10.2 Å². The van der Waals surface area contributed by atoms with E-state index in [9.17, 15) is 13.6 Å². The van der Waals surface area contributed by atoms with Crippen LogP contribution in [-0.2, 0) is 17.8 Å². The number of hydrogen-bond acceptors (Lipinski definition) is 5. The van der Waals surface area contributed by atoms with Crippen molar-refractivity contribution in [3.8, 4) is 10.6 Å². The first-order chi connectivity index (χ1) is 15.0. The lowest BCUT2D eigenvalue weighted by Gasteiger charge is -2.32. The Morgan fingerprint density at radius 2 is 1.84 bits per heavy atom. The summed E-state index contributed by atoms with van der Waals surface area (Å²) in [5, 5.41) is 5.04. The minimum atomic E-state index is -0.676. The van der Waals surface area contributed by atoms with Crippen LogP contribution in [-0.4, -0.2) is 53.9 Å². The zero-order valence-corrected chi connectivity index (χ0v) is 18.1. The number of carbonyl (C=O) groups is 1. The van der Waals surface area contributed by atoms with Crippen LogP contribution in [0.4, 0.5) is 14.5 Å². The van der Waals surface area contributed by atoms with Gasteiger partial charge in [-0.25, -0.2) is 13.8 Å². The van der Waals surface area contributed by atoms with E-state index in [2.05, 4.69) is 51.4 Å². The molecule has 1 aliphatic rings. The van der Waals surface area contributed by atoms with Gasteiger partial charge in [0.1, 0.15) is 16.6 Å². The highest BCUT2D eigenvalue weighted by Crippen LogP contribution is 2.25. The van der Waals surface area contributed by atoms with Crippen LogP contribution in [0, 0.1) is 11.6 Å². The van der Waals surface area contributed by atoms with E-state index in [-0.39, 0.29) is 12.1 Å². The number of thiazole rings is 1. The van der Waals surface area contributed by atoms with Gasteiger partial charge >= 0.3 is 0 Å². The first-order valence-corrected chi connectivity index (χ1v) is 11.0. The van der Waals surface area contributed by atoms with Crippen LogP contribution in [0.5, 0.6) is 0 Å². The van der Waals surface area contributed by atoms with E-state index in [1.54, 1.807) is 0 Å². The number of anilines is 1. The highest BCUT2D eigenvalue weighted by molar-refractivity contribution is 7.13. The molecule has 162 valence electrons. The number of aromatic nitrogens is 1. The molecule has 1 aromatic heterocycles. The normalized spacial score (nSPS) is 15.2. The van der Waals surface area contributed by atoms with E-state index < -0.39 is 17.5 Å². The van der Waals surface area contributed by atoms with Gasteiger partial charge in [0.15, 0.2) is 0 Å². The fourth-order valence-corrected chi connectivity index (χ4v) is 4.32. The summed E-state index contributed by atoms with van der Waals surface area (Å²) in [6.07, 6.45) is -0.00601. The third-order valence-corrected chi connectivity index (χ3v) is 6.24. The Kier molecular flexibility index (Phi) is 6.70. The van der Waals surface area contributed by atoms with Crippen molar-refractivity contribution in [2.24, 2.45) is 0 Å². The van der Waals surface area contributed by atoms with Gasteiger partial charge in [-0.3, -0.25) is 9.69 Å². The molecular formula is C23H24F2N4OS. The standard InChI is InChI=1S/C23H24F2N4OS/c1-28-8-10-29(11-9-28)14-16-2-4-17(5-3-16)23-26-19(15-31-23)13-22(30)27-21-12-18(24)6-7-20(21)25/h2-7,12,15H,8-11,13-14H2,1H3,(H,27,30). The van der Waals surface area contributed by atoms with Gasteiger partial charge in [0.2, 0.25) is 5.91 Å². The molecule has 31 heavy (non-hydrogen) atoms. The predicted molar refractivity (Wildman–Crippen MR) is 119 cm³/mol. The molecular weight excluding hydrogens is 418 g/mol. The second-order valence-electron chi connectivity index (χ2n) is 7.77. The van der Waals surface area contributed by atoms with Crippen LogP contribution in [0.25, 0.3) is 10.6 Å². The molecule has 1 N–H and O–H groups in total. The Hall–Kier alpha value is -2.68. The van der Waals surface area contributed by atoms with Gasteiger partial charge in [-0.1, -0.05) is 24.3 Å². The van der Waals surface area contributed by atoms with Crippen molar-refractivity contribution >= 4 is 22.9 Å². The van der Waals surface area contributed by atoms with Crippen molar-refractivity contribution in [3.05, 3.63) is 70.7 Å². The molecule has 2 heterocycles. The maximum absolute atomic E-state index is 13.7. The SMILES string of the molecule is CN1CCN(Cc2ccc(-c3nc(CC(=O)Nc4cc(F)ccc4F)cs3)cc2)CC1. The number of likely N-dealkylation sites (N-methyl/N-ethyl adjacent to an activating group) is 1. The third kappa shape index (κ3) is 5.72. The van der Waals surface area contributed by atoms with Crippen molar-refractivity contribution in [2.75, 3.05) is 38.5 Å². The summed E-state index contributed by atoms with van der Waals surface area (Å²) < 4.78 is 26.9. The van der Waals surface area contributed by atoms with Gasteiger partial charge in [0, 0.05) is 49.7 Å². The topological polar surface area (TPSA) is 48.5 Å². The molecule has 5 nitrogen and oxygen atoms in total. The monoisotopic (exact) mass is 442 g/mol. The zero-order chi connectivity index (χ0) is 21.8. The molecule has 3 aromatic rings. The second-order valence-corrected chi connectivity index (χ2v) is 8.63. The van der Waals surface area contributed by atoms with E-state index >= 15 is 0 Å². The van der Waals surface area contributed by atoms with Crippen molar-refractivity contribution < 1.29 is 13.6 Å². The van der Waals surface area contributed by atoms with Crippen molar-refractivity contribution in [3.63, 3.8) is 0 Å². The van der Waals surface area contributed by atoms with E-state index in [0.717, 1.165) is 61.5 Å². The average molecular weight is 443 g/mol. The van der Waals surface area contributed by atoms with Gasteiger partial charge in [-0.15, -0.1) is 11.3 Å². The maximum atomic E-state index is 13.7. The summed E-state index contributed by atoms with van der Waals surface area (Å²) in [6.45, 7) is 5.29. The quantitative estimate of drug-likeness (QED) is 0.627. The number of rotatable bonds is 6. The number of nitrogens with zero attached hydrogens (tertiary/aromatic N) is 3. The lowest BCUT2D eigenvalue weighted by molar-refractivity contribution is -0.115. The molecule has 1 aliphatic heterocycles. The molecule has 0 atom stereocenters. The number of benzene rings is 2. The first kappa shape index (κ1) is 21.5. The minimum absolute atomic E-state index is 0.00601. The van der Waals surface area contributed by atoms with Crippen molar-refractivity contribution in [1.82, 2.24) is 14.8 Å². The Morgan fingerprint density at radius 1 is 1.10 bits per heavy atom. The highest BCUT2D eigenvalue weighted by atomic mass is 32.1. The largest absolute Gasteiger partial charge is 0.323 e. The molecule has 0 radical (unpaired) electrons. The molecule has 0 aliphatic carbocycles. The van der Waals surface area contributed by atoms with E-state index in [1.807, 2.05) is 5.38 Å².